The van der Waals surface area contributed by atoms with Crippen LogP contribution in [0.25, 0.3) is 11.0 Å². The Bertz CT molecular complexity index is 1330. The molecule has 8 heteroatoms. The Morgan fingerprint density at radius 3 is 2.43 bits per heavy atom. The van der Waals surface area contributed by atoms with Gasteiger partial charge in [0.2, 0.25) is 0 Å². The van der Waals surface area contributed by atoms with Crippen molar-refractivity contribution in [1.82, 2.24) is 24.0 Å². The van der Waals surface area contributed by atoms with Gasteiger partial charge in [0.1, 0.15) is 11.3 Å². The Hall–Kier alpha value is -3.94. The highest BCUT2D eigenvalue weighted by Crippen LogP contribution is 2.18. The number of carbonyl (C=O) groups is 1. The molecule has 0 aliphatic heterocycles. The van der Waals surface area contributed by atoms with Crippen LogP contribution >= 0.6 is 0 Å². The zero-order valence-electron chi connectivity index (χ0n) is 16.7. The van der Waals surface area contributed by atoms with Crippen molar-refractivity contribution in [2.24, 2.45) is 14.1 Å². The molecule has 8 nitrogen and oxygen atoms in total. The van der Waals surface area contributed by atoms with Gasteiger partial charge in [-0.3, -0.25) is 23.7 Å². The normalized spacial score (nSPS) is 11.0. The molecule has 4 aromatic rings. The lowest BCUT2D eigenvalue weighted by Crippen LogP contribution is -2.37. The van der Waals surface area contributed by atoms with Crippen LogP contribution in [0.15, 0.2) is 70.5 Å². The minimum Gasteiger partial charge on any atom is -0.347 e. The minimum atomic E-state index is -0.442. The fourth-order valence-corrected chi connectivity index (χ4v) is 3.53. The van der Waals surface area contributed by atoms with Crippen LogP contribution in [0.2, 0.25) is 0 Å². The molecule has 0 radical (unpaired) electrons. The summed E-state index contributed by atoms with van der Waals surface area (Å²) in [4.78, 5) is 42.3. The monoisotopic (exact) mass is 403 g/mol. The summed E-state index contributed by atoms with van der Waals surface area (Å²) in [5.74, 6) is -0.333. The maximum Gasteiger partial charge on any atom is 0.332 e. The molecule has 1 aromatic carbocycles. The lowest BCUT2D eigenvalue weighted by molar-refractivity contribution is 0.0942. The van der Waals surface area contributed by atoms with Crippen molar-refractivity contribution in [2.45, 2.75) is 13.1 Å². The van der Waals surface area contributed by atoms with Gasteiger partial charge >= 0.3 is 5.69 Å². The molecule has 4 rings (SSSR count). The van der Waals surface area contributed by atoms with E-state index in [1.807, 2.05) is 36.4 Å². The molecule has 152 valence electrons. The molecule has 3 heterocycles. The van der Waals surface area contributed by atoms with E-state index >= 15 is 0 Å². The maximum atomic E-state index is 13.0. The molecular weight excluding hydrogens is 382 g/mol. The van der Waals surface area contributed by atoms with E-state index in [4.69, 9.17) is 0 Å². The largest absolute Gasteiger partial charge is 0.347 e. The van der Waals surface area contributed by atoms with Crippen molar-refractivity contribution in [3.8, 4) is 0 Å². The van der Waals surface area contributed by atoms with Crippen LogP contribution in [0.3, 0.4) is 0 Å². The number of amides is 1. The Kier molecular flexibility index (Phi) is 5.05. The molecule has 1 N–H and O–H groups in total. The molecule has 0 spiro atoms. The summed E-state index contributed by atoms with van der Waals surface area (Å²) in [6.07, 6.45) is 3.35. The van der Waals surface area contributed by atoms with E-state index in [2.05, 4.69) is 10.3 Å². The first kappa shape index (κ1) is 19.4. The van der Waals surface area contributed by atoms with E-state index in [0.29, 0.717) is 29.8 Å². The average Bonchev–Trinajstić information content (AvgIpc) is 3.15. The van der Waals surface area contributed by atoms with Gasteiger partial charge in [-0.05, 0) is 23.3 Å². The zero-order chi connectivity index (χ0) is 21.3. The number of pyridine rings is 1. The average molecular weight is 403 g/mol. The molecule has 0 bridgehead atoms. The lowest BCUT2D eigenvalue weighted by Gasteiger charge is -2.13. The van der Waals surface area contributed by atoms with Crippen molar-refractivity contribution < 1.29 is 4.79 Å². The van der Waals surface area contributed by atoms with Crippen molar-refractivity contribution in [3.05, 3.63) is 98.6 Å². The number of nitrogens with zero attached hydrogens (tertiary/aromatic N) is 4. The van der Waals surface area contributed by atoms with Crippen LogP contribution in [0.1, 0.15) is 21.6 Å². The number of rotatable bonds is 5. The summed E-state index contributed by atoms with van der Waals surface area (Å²) in [5.41, 5.74) is 1.67. The third-order valence-electron chi connectivity index (χ3n) is 5.09. The highest BCUT2D eigenvalue weighted by atomic mass is 16.2. The zero-order valence-corrected chi connectivity index (χ0v) is 16.7. The number of nitrogens with one attached hydrogen (secondary N) is 1. The number of hydrogen-bond acceptors (Lipinski definition) is 4. The summed E-state index contributed by atoms with van der Waals surface area (Å²) in [6.45, 7) is 0.650. The molecule has 0 aliphatic rings. The third kappa shape index (κ3) is 3.43. The molecular formula is C22H21N5O3. The molecule has 3 aromatic heterocycles. The van der Waals surface area contributed by atoms with Gasteiger partial charge in [-0.2, -0.15) is 0 Å². The summed E-state index contributed by atoms with van der Waals surface area (Å²) in [5, 5.41) is 3.20. The van der Waals surface area contributed by atoms with Gasteiger partial charge in [0.05, 0.1) is 5.39 Å². The van der Waals surface area contributed by atoms with E-state index in [0.717, 1.165) is 15.7 Å². The van der Waals surface area contributed by atoms with Crippen LogP contribution in [-0.2, 0) is 27.2 Å². The van der Waals surface area contributed by atoms with Gasteiger partial charge in [-0.1, -0.05) is 36.4 Å². The predicted molar refractivity (Wildman–Crippen MR) is 113 cm³/mol. The highest BCUT2D eigenvalue weighted by Gasteiger charge is 2.21. The Morgan fingerprint density at radius 2 is 1.73 bits per heavy atom. The molecule has 0 saturated heterocycles. The smallest absolute Gasteiger partial charge is 0.332 e. The second-order valence-corrected chi connectivity index (χ2v) is 7.09. The summed E-state index contributed by atoms with van der Waals surface area (Å²) in [6, 6.07) is 14.8. The molecule has 30 heavy (non-hydrogen) atoms. The Balaban J connectivity index is 1.83. The van der Waals surface area contributed by atoms with Gasteiger partial charge < -0.3 is 9.88 Å². The van der Waals surface area contributed by atoms with Gasteiger partial charge in [0, 0.05) is 39.6 Å². The van der Waals surface area contributed by atoms with Crippen molar-refractivity contribution in [1.29, 1.82) is 0 Å². The molecule has 0 unspecified atom stereocenters. The number of aryl methyl sites for hydroxylation is 1. The molecule has 0 aliphatic carbocycles. The third-order valence-corrected chi connectivity index (χ3v) is 5.09. The number of hydrogen-bond donors (Lipinski definition) is 1. The quantitative estimate of drug-likeness (QED) is 0.546. The van der Waals surface area contributed by atoms with Gasteiger partial charge in [-0.25, -0.2) is 4.79 Å². The van der Waals surface area contributed by atoms with Gasteiger partial charge in [0.25, 0.3) is 11.5 Å². The number of carbonyl (C=O) groups excluding carboxylic acids is 1. The minimum absolute atomic E-state index is 0.302. The Labute approximate surface area is 172 Å². The Morgan fingerprint density at radius 1 is 1.00 bits per heavy atom. The first-order valence-electron chi connectivity index (χ1n) is 9.47. The maximum absolute atomic E-state index is 13.0. The second-order valence-electron chi connectivity index (χ2n) is 7.09. The lowest BCUT2D eigenvalue weighted by atomic mass is 10.2. The van der Waals surface area contributed by atoms with E-state index in [9.17, 15) is 14.4 Å². The van der Waals surface area contributed by atoms with Crippen LogP contribution in [0.5, 0.6) is 0 Å². The number of benzene rings is 1. The first-order chi connectivity index (χ1) is 14.5. The first-order valence-corrected chi connectivity index (χ1v) is 9.47. The van der Waals surface area contributed by atoms with Crippen molar-refractivity contribution >= 4 is 16.9 Å². The van der Waals surface area contributed by atoms with Gasteiger partial charge in [-0.15, -0.1) is 0 Å². The van der Waals surface area contributed by atoms with E-state index in [1.54, 1.807) is 36.1 Å². The van der Waals surface area contributed by atoms with E-state index in [-0.39, 0.29) is 5.91 Å². The molecule has 1 amide bonds. The molecule has 0 fully saturated rings. The highest BCUT2D eigenvalue weighted by molar-refractivity contribution is 5.97. The van der Waals surface area contributed by atoms with Crippen LogP contribution in [0.4, 0.5) is 0 Å². The van der Waals surface area contributed by atoms with Crippen LogP contribution in [-0.4, -0.2) is 24.6 Å². The van der Waals surface area contributed by atoms with Crippen molar-refractivity contribution in [3.63, 3.8) is 0 Å². The fourth-order valence-electron chi connectivity index (χ4n) is 3.53. The summed E-state index contributed by atoms with van der Waals surface area (Å²) in [7, 11) is 3.03. The summed E-state index contributed by atoms with van der Waals surface area (Å²) >= 11 is 0. The van der Waals surface area contributed by atoms with E-state index < -0.39 is 11.2 Å². The molecule has 0 saturated carbocycles. The fraction of sp³-hybridized carbons (Fsp3) is 0.182. The molecule has 0 atom stereocenters. The number of aromatic nitrogens is 4. The second kappa shape index (κ2) is 7.82. The number of fused-ring (bicyclic) bond motifs is 1. The van der Waals surface area contributed by atoms with E-state index in [1.165, 1.54) is 11.6 Å². The van der Waals surface area contributed by atoms with Crippen molar-refractivity contribution in [2.75, 3.05) is 0 Å². The SMILES string of the molecule is Cn1c(=O)c2cc(C(=O)NCc3cccnc3)n(Cc3ccccc3)c2n(C)c1=O. The topological polar surface area (TPSA) is 90.9 Å². The standard InChI is InChI=1S/C22H21N5O3/c1-25-20-17(21(29)26(2)22(25)30)11-18(27(20)14-15-7-4-3-5-8-15)19(28)24-13-16-9-6-10-23-12-16/h3-12H,13-14H2,1-2H3,(H,24,28). The van der Waals surface area contributed by atoms with Gasteiger partial charge in [0.15, 0.2) is 0 Å². The van der Waals surface area contributed by atoms with Crippen LogP contribution in [0, 0.1) is 0 Å². The van der Waals surface area contributed by atoms with Crippen LogP contribution < -0.4 is 16.6 Å². The predicted octanol–water partition coefficient (Wildman–Crippen LogP) is 1.41. The summed E-state index contributed by atoms with van der Waals surface area (Å²) < 4.78 is 4.16.